The molecule has 2 aromatic rings. The van der Waals surface area contributed by atoms with E-state index in [-0.39, 0.29) is 11.8 Å². The molecule has 1 atom stereocenters. The first-order valence-corrected chi connectivity index (χ1v) is 8.99. The third kappa shape index (κ3) is 3.65. The molecular formula is C18H23N5O2. The van der Waals surface area contributed by atoms with Gasteiger partial charge in [0.05, 0.1) is 11.5 Å². The Balaban J connectivity index is 1.50. The van der Waals surface area contributed by atoms with E-state index in [1.165, 1.54) is 12.8 Å². The first-order valence-electron chi connectivity index (χ1n) is 8.99. The van der Waals surface area contributed by atoms with E-state index in [2.05, 4.69) is 25.3 Å². The van der Waals surface area contributed by atoms with Crippen molar-refractivity contribution in [2.45, 2.75) is 32.6 Å². The number of piperidine rings is 1. The van der Waals surface area contributed by atoms with Gasteiger partial charge in [0.1, 0.15) is 5.82 Å². The number of aromatic nitrogens is 3. The molecule has 1 unspecified atom stereocenters. The minimum atomic E-state index is 0.00628. The molecule has 0 spiro atoms. The number of nitrogens with one attached hydrogen (secondary N) is 1. The predicted octanol–water partition coefficient (Wildman–Crippen LogP) is 2.18. The van der Waals surface area contributed by atoms with Gasteiger partial charge in [-0.2, -0.15) is 4.98 Å². The number of anilines is 1. The highest BCUT2D eigenvalue weighted by Gasteiger charge is 2.30. The van der Waals surface area contributed by atoms with Crippen LogP contribution in [0, 0.1) is 18.8 Å². The number of nitrogens with zero attached hydrogens (tertiary/aromatic N) is 4. The van der Waals surface area contributed by atoms with Crippen molar-refractivity contribution in [3.63, 3.8) is 0 Å². The molecule has 7 heteroatoms. The monoisotopic (exact) mass is 341 g/mol. The SMILES string of the molecule is Cc1noc(-c2cccnc2N2CCCC(C(=O)NCC3CC3)C2)n1. The molecule has 132 valence electrons. The van der Waals surface area contributed by atoms with Crippen molar-refractivity contribution in [2.75, 3.05) is 24.5 Å². The average Bonchev–Trinajstić information content (AvgIpc) is 3.39. The molecule has 1 saturated carbocycles. The fourth-order valence-electron chi connectivity index (χ4n) is 3.32. The van der Waals surface area contributed by atoms with Crippen molar-refractivity contribution < 1.29 is 9.32 Å². The second-order valence-corrected chi connectivity index (χ2v) is 7.00. The normalized spacial score (nSPS) is 20.5. The van der Waals surface area contributed by atoms with Gasteiger partial charge < -0.3 is 14.7 Å². The Morgan fingerprint density at radius 2 is 2.28 bits per heavy atom. The number of hydrogen-bond acceptors (Lipinski definition) is 6. The van der Waals surface area contributed by atoms with E-state index in [0.717, 1.165) is 37.3 Å². The van der Waals surface area contributed by atoms with Crippen LogP contribution >= 0.6 is 0 Å². The zero-order chi connectivity index (χ0) is 17.2. The molecule has 2 fully saturated rings. The van der Waals surface area contributed by atoms with Crippen LogP contribution in [0.5, 0.6) is 0 Å². The number of carbonyl (C=O) groups excluding carboxylic acids is 1. The highest BCUT2D eigenvalue weighted by atomic mass is 16.5. The van der Waals surface area contributed by atoms with Gasteiger partial charge in [-0.25, -0.2) is 4.98 Å². The maximum atomic E-state index is 12.5. The fourth-order valence-corrected chi connectivity index (χ4v) is 3.32. The minimum Gasteiger partial charge on any atom is -0.356 e. The van der Waals surface area contributed by atoms with Crippen LogP contribution in [0.4, 0.5) is 5.82 Å². The van der Waals surface area contributed by atoms with Crippen molar-refractivity contribution in [3.05, 3.63) is 24.2 Å². The van der Waals surface area contributed by atoms with Crippen molar-refractivity contribution in [2.24, 2.45) is 11.8 Å². The van der Waals surface area contributed by atoms with Gasteiger partial charge in [-0.05, 0) is 50.7 Å². The van der Waals surface area contributed by atoms with Gasteiger partial charge in [-0.3, -0.25) is 4.79 Å². The molecule has 7 nitrogen and oxygen atoms in total. The molecule has 1 saturated heterocycles. The first-order chi connectivity index (χ1) is 12.2. The Labute approximate surface area is 146 Å². The molecule has 3 heterocycles. The van der Waals surface area contributed by atoms with Gasteiger partial charge in [0.25, 0.3) is 5.89 Å². The van der Waals surface area contributed by atoms with Crippen LogP contribution in [-0.2, 0) is 4.79 Å². The second kappa shape index (κ2) is 6.82. The van der Waals surface area contributed by atoms with Crippen LogP contribution in [0.25, 0.3) is 11.5 Å². The molecule has 25 heavy (non-hydrogen) atoms. The molecule has 0 bridgehead atoms. The van der Waals surface area contributed by atoms with Gasteiger partial charge >= 0.3 is 0 Å². The molecule has 2 aliphatic rings. The van der Waals surface area contributed by atoms with E-state index >= 15 is 0 Å². The number of rotatable bonds is 5. The maximum absolute atomic E-state index is 12.5. The summed E-state index contributed by atoms with van der Waals surface area (Å²) in [7, 11) is 0. The van der Waals surface area contributed by atoms with Gasteiger partial charge in [0.15, 0.2) is 5.82 Å². The van der Waals surface area contributed by atoms with Crippen molar-refractivity contribution in [3.8, 4) is 11.5 Å². The molecular weight excluding hydrogens is 318 g/mol. The summed E-state index contributed by atoms with van der Waals surface area (Å²) in [6.07, 6.45) is 6.16. The summed E-state index contributed by atoms with van der Waals surface area (Å²) in [5.41, 5.74) is 0.821. The standard InChI is InChI=1S/C18H23N5O2/c1-12-21-18(25-22-12)15-5-2-8-19-16(15)23-9-3-4-14(11-23)17(24)20-10-13-6-7-13/h2,5,8,13-14H,3-4,6-7,9-11H2,1H3,(H,20,24). The number of aryl methyl sites for hydroxylation is 1. The minimum absolute atomic E-state index is 0.00628. The summed E-state index contributed by atoms with van der Waals surface area (Å²) < 4.78 is 5.32. The van der Waals surface area contributed by atoms with Gasteiger partial charge in [-0.1, -0.05) is 5.16 Å². The fraction of sp³-hybridized carbons (Fsp3) is 0.556. The first kappa shape index (κ1) is 16.1. The lowest BCUT2D eigenvalue weighted by molar-refractivity contribution is -0.125. The zero-order valence-corrected chi connectivity index (χ0v) is 14.4. The molecule has 1 aliphatic heterocycles. The van der Waals surface area contributed by atoms with E-state index in [1.807, 2.05) is 12.1 Å². The smallest absolute Gasteiger partial charge is 0.261 e. The number of hydrogen-bond donors (Lipinski definition) is 1. The van der Waals surface area contributed by atoms with E-state index < -0.39 is 0 Å². The Morgan fingerprint density at radius 1 is 1.40 bits per heavy atom. The van der Waals surface area contributed by atoms with Gasteiger partial charge in [-0.15, -0.1) is 0 Å². The van der Waals surface area contributed by atoms with Crippen LogP contribution in [0.1, 0.15) is 31.5 Å². The van der Waals surface area contributed by atoms with Crippen molar-refractivity contribution in [1.82, 2.24) is 20.4 Å². The Hall–Kier alpha value is -2.44. The van der Waals surface area contributed by atoms with Crippen LogP contribution in [0.15, 0.2) is 22.9 Å². The largest absolute Gasteiger partial charge is 0.356 e. The molecule has 0 radical (unpaired) electrons. The number of amides is 1. The average molecular weight is 341 g/mol. The summed E-state index contributed by atoms with van der Waals surface area (Å²) >= 11 is 0. The van der Waals surface area contributed by atoms with Crippen molar-refractivity contribution in [1.29, 1.82) is 0 Å². The highest BCUT2D eigenvalue weighted by Crippen LogP contribution is 2.31. The number of carbonyl (C=O) groups is 1. The third-order valence-corrected chi connectivity index (χ3v) is 4.90. The van der Waals surface area contributed by atoms with E-state index in [4.69, 9.17) is 4.52 Å². The van der Waals surface area contributed by atoms with Crippen LogP contribution in [-0.4, -0.2) is 40.7 Å². The molecule has 2 aromatic heterocycles. The molecule has 0 aromatic carbocycles. The summed E-state index contributed by atoms with van der Waals surface area (Å²) in [4.78, 5) is 23.5. The lowest BCUT2D eigenvalue weighted by Gasteiger charge is -2.33. The van der Waals surface area contributed by atoms with Gasteiger partial charge in [0.2, 0.25) is 5.91 Å². The van der Waals surface area contributed by atoms with Crippen LogP contribution in [0.2, 0.25) is 0 Å². The second-order valence-electron chi connectivity index (χ2n) is 7.00. The lowest BCUT2D eigenvalue weighted by atomic mass is 9.96. The summed E-state index contributed by atoms with van der Waals surface area (Å²) in [5.74, 6) is 2.76. The molecule has 1 aliphatic carbocycles. The van der Waals surface area contributed by atoms with Gasteiger partial charge in [0, 0.05) is 25.8 Å². The topological polar surface area (TPSA) is 84.2 Å². The summed E-state index contributed by atoms with van der Waals surface area (Å²) in [5, 5.41) is 6.98. The lowest BCUT2D eigenvalue weighted by Crippen LogP contribution is -2.44. The van der Waals surface area contributed by atoms with Crippen LogP contribution in [0.3, 0.4) is 0 Å². The predicted molar refractivity (Wildman–Crippen MR) is 92.9 cm³/mol. The third-order valence-electron chi connectivity index (χ3n) is 4.90. The zero-order valence-electron chi connectivity index (χ0n) is 14.4. The molecule has 4 rings (SSSR count). The number of pyridine rings is 1. The molecule has 1 N–H and O–H groups in total. The van der Waals surface area contributed by atoms with Crippen molar-refractivity contribution >= 4 is 11.7 Å². The quantitative estimate of drug-likeness (QED) is 0.897. The Kier molecular flexibility index (Phi) is 4.38. The highest BCUT2D eigenvalue weighted by molar-refractivity contribution is 5.80. The summed E-state index contributed by atoms with van der Waals surface area (Å²) in [6, 6.07) is 3.80. The summed E-state index contributed by atoms with van der Waals surface area (Å²) in [6.45, 7) is 4.17. The van der Waals surface area contributed by atoms with E-state index in [9.17, 15) is 4.79 Å². The Morgan fingerprint density at radius 3 is 3.04 bits per heavy atom. The maximum Gasteiger partial charge on any atom is 0.261 e. The molecule has 1 amide bonds. The van der Waals surface area contributed by atoms with Crippen LogP contribution < -0.4 is 10.2 Å². The van der Waals surface area contributed by atoms with E-state index in [1.54, 1.807) is 13.1 Å². The van der Waals surface area contributed by atoms with E-state index in [0.29, 0.717) is 24.2 Å². The Bertz CT molecular complexity index is 755.